The minimum atomic E-state index is -0.668. The molecule has 3 amide bonds. The molecule has 19 heavy (non-hydrogen) atoms. The molecular formula is C14H20N2O3. The van der Waals surface area contributed by atoms with Crippen molar-refractivity contribution in [3.63, 3.8) is 0 Å². The van der Waals surface area contributed by atoms with E-state index >= 15 is 0 Å². The Balaban J connectivity index is 0.00000154. The molecule has 1 atom stereocenters. The van der Waals surface area contributed by atoms with Crippen molar-refractivity contribution >= 4 is 17.7 Å². The minimum absolute atomic E-state index is 0.219. The summed E-state index contributed by atoms with van der Waals surface area (Å²) in [6, 6.07) is -0.668. The second kappa shape index (κ2) is 7.31. The highest BCUT2D eigenvalue weighted by molar-refractivity contribution is 6.04. The summed E-state index contributed by atoms with van der Waals surface area (Å²) in [4.78, 5) is 35.7. The predicted molar refractivity (Wildman–Crippen MR) is 74.1 cm³/mol. The molecule has 0 bridgehead atoms. The smallest absolute Gasteiger partial charge is 0.254 e. The van der Waals surface area contributed by atoms with E-state index in [2.05, 4.69) is 25.1 Å². The van der Waals surface area contributed by atoms with Crippen LogP contribution in [0.15, 0.2) is 37.0 Å². The number of rotatable bonds is 3. The largest absolute Gasteiger partial charge is 0.323 e. The fourth-order valence-electron chi connectivity index (χ4n) is 1.74. The molecule has 1 unspecified atom stereocenters. The Labute approximate surface area is 113 Å². The van der Waals surface area contributed by atoms with E-state index in [1.807, 2.05) is 6.92 Å². The molecule has 1 heterocycles. The van der Waals surface area contributed by atoms with Crippen LogP contribution >= 0.6 is 0 Å². The van der Waals surface area contributed by atoms with Crippen LogP contribution in [-0.2, 0) is 14.4 Å². The average molecular weight is 264 g/mol. The summed E-state index contributed by atoms with van der Waals surface area (Å²) in [7, 11) is 0. The van der Waals surface area contributed by atoms with Crippen molar-refractivity contribution in [2.24, 2.45) is 0 Å². The first-order chi connectivity index (χ1) is 8.88. The van der Waals surface area contributed by atoms with Crippen LogP contribution < -0.4 is 5.32 Å². The molecule has 0 aromatic rings. The van der Waals surface area contributed by atoms with Crippen LogP contribution in [0.4, 0.5) is 0 Å². The number of nitrogens with zero attached hydrogens (tertiary/aromatic N) is 1. The SMILES string of the molecule is C=C.C=CC1=C(C)CN(C(C)C(=O)NC(C)=O)C1=O. The van der Waals surface area contributed by atoms with Gasteiger partial charge in [0, 0.05) is 19.0 Å². The molecule has 1 aliphatic heterocycles. The van der Waals surface area contributed by atoms with Crippen LogP contribution in [0.1, 0.15) is 20.8 Å². The quantitative estimate of drug-likeness (QED) is 0.778. The first kappa shape index (κ1) is 16.8. The molecule has 5 nitrogen and oxygen atoms in total. The van der Waals surface area contributed by atoms with Gasteiger partial charge in [-0.1, -0.05) is 12.7 Å². The number of hydrogen-bond donors (Lipinski definition) is 1. The summed E-state index contributed by atoms with van der Waals surface area (Å²) < 4.78 is 0. The van der Waals surface area contributed by atoms with Gasteiger partial charge in [-0.3, -0.25) is 19.7 Å². The van der Waals surface area contributed by atoms with Crippen molar-refractivity contribution in [1.29, 1.82) is 0 Å². The monoisotopic (exact) mass is 264 g/mol. The summed E-state index contributed by atoms with van der Waals surface area (Å²) in [6.07, 6.45) is 1.49. The van der Waals surface area contributed by atoms with Crippen LogP contribution in [0.3, 0.4) is 0 Å². The Morgan fingerprint density at radius 1 is 1.42 bits per heavy atom. The lowest BCUT2D eigenvalue weighted by Gasteiger charge is -2.23. The highest BCUT2D eigenvalue weighted by atomic mass is 16.2. The van der Waals surface area contributed by atoms with E-state index < -0.39 is 17.9 Å². The van der Waals surface area contributed by atoms with Gasteiger partial charge in [-0.25, -0.2) is 0 Å². The lowest BCUT2D eigenvalue weighted by atomic mass is 10.2. The van der Waals surface area contributed by atoms with Gasteiger partial charge in [0.2, 0.25) is 11.8 Å². The molecule has 0 saturated carbocycles. The van der Waals surface area contributed by atoms with Crippen LogP contribution in [-0.4, -0.2) is 35.2 Å². The molecule has 104 valence electrons. The van der Waals surface area contributed by atoms with Crippen LogP contribution in [0, 0.1) is 0 Å². The molecule has 0 fully saturated rings. The Morgan fingerprint density at radius 2 is 1.95 bits per heavy atom. The van der Waals surface area contributed by atoms with Gasteiger partial charge >= 0.3 is 0 Å². The van der Waals surface area contributed by atoms with Gasteiger partial charge < -0.3 is 4.90 Å². The second-order valence-electron chi connectivity index (χ2n) is 4.05. The van der Waals surface area contributed by atoms with Crippen molar-refractivity contribution in [1.82, 2.24) is 10.2 Å². The third-order valence-corrected chi connectivity index (χ3v) is 2.71. The van der Waals surface area contributed by atoms with Gasteiger partial charge in [0.15, 0.2) is 0 Å². The first-order valence-corrected chi connectivity index (χ1v) is 5.83. The molecule has 0 spiro atoms. The summed E-state index contributed by atoms with van der Waals surface area (Å²) in [5.41, 5.74) is 1.42. The second-order valence-corrected chi connectivity index (χ2v) is 4.05. The topological polar surface area (TPSA) is 66.5 Å². The first-order valence-electron chi connectivity index (χ1n) is 5.83. The zero-order chi connectivity index (χ0) is 15.2. The van der Waals surface area contributed by atoms with Crippen molar-refractivity contribution < 1.29 is 14.4 Å². The lowest BCUT2D eigenvalue weighted by molar-refractivity contribution is -0.138. The highest BCUT2D eigenvalue weighted by Crippen LogP contribution is 2.21. The Kier molecular flexibility index (Phi) is 6.47. The fraction of sp³-hybridized carbons (Fsp3) is 0.357. The van der Waals surface area contributed by atoms with Gasteiger partial charge in [0.1, 0.15) is 6.04 Å². The zero-order valence-corrected chi connectivity index (χ0v) is 11.7. The van der Waals surface area contributed by atoms with Crippen molar-refractivity contribution in [3.8, 4) is 0 Å². The Hall–Kier alpha value is -2.17. The normalized spacial score (nSPS) is 15.5. The molecule has 0 aromatic carbocycles. The predicted octanol–water partition coefficient (Wildman–Crippen LogP) is 1.18. The molecular weight excluding hydrogens is 244 g/mol. The van der Waals surface area contributed by atoms with Crippen LogP contribution in [0.25, 0.3) is 0 Å². The van der Waals surface area contributed by atoms with Gasteiger partial charge in [0.25, 0.3) is 5.91 Å². The molecule has 1 aliphatic rings. The maximum absolute atomic E-state index is 11.9. The van der Waals surface area contributed by atoms with Crippen molar-refractivity contribution in [2.45, 2.75) is 26.8 Å². The van der Waals surface area contributed by atoms with E-state index in [-0.39, 0.29) is 5.91 Å². The van der Waals surface area contributed by atoms with E-state index in [0.717, 1.165) is 5.57 Å². The molecule has 0 aliphatic carbocycles. The fourth-order valence-corrected chi connectivity index (χ4v) is 1.74. The highest BCUT2D eigenvalue weighted by Gasteiger charge is 2.33. The number of carbonyl (C=O) groups is 3. The standard InChI is InChI=1S/C12H16N2O3.C2H4/c1-5-10-7(2)6-14(12(10)17)8(3)11(16)13-9(4)15;1-2/h5,8H,1,6H2,2-4H3,(H,13,15,16);1-2H2. The van der Waals surface area contributed by atoms with E-state index in [0.29, 0.717) is 12.1 Å². The molecule has 5 heteroatoms. The number of hydrogen-bond acceptors (Lipinski definition) is 3. The number of amides is 3. The van der Waals surface area contributed by atoms with E-state index in [9.17, 15) is 14.4 Å². The van der Waals surface area contributed by atoms with Gasteiger partial charge in [-0.15, -0.1) is 13.2 Å². The molecule has 1 rings (SSSR count). The summed E-state index contributed by atoms with van der Waals surface area (Å²) >= 11 is 0. The maximum Gasteiger partial charge on any atom is 0.254 e. The molecule has 0 saturated heterocycles. The number of nitrogens with one attached hydrogen (secondary N) is 1. The molecule has 1 N–H and O–H groups in total. The third kappa shape index (κ3) is 3.91. The summed E-state index contributed by atoms with van der Waals surface area (Å²) in [5.74, 6) is -1.12. The summed E-state index contributed by atoms with van der Waals surface area (Å²) in [5, 5.41) is 2.17. The van der Waals surface area contributed by atoms with Crippen LogP contribution in [0.5, 0.6) is 0 Å². The lowest BCUT2D eigenvalue weighted by Crippen LogP contribution is -2.47. The minimum Gasteiger partial charge on any atom is -0.323 e. The Morgan fingerprint density at radius 3 is 2.32 bits per heavy atom. The van der Waals surface area contributed by atoms with Gasteiger partial charge in [-0.05, 0) is 19.4 Å². The number of imide groups is 1. The van der Waals surface area contributed by atoms with Crippen molar-refractivity contribution in [3.05, 3.63) is 37.0 Å². The Bertz CT molecular complexity index is 438. The van der Waals surface area contributed by atoms with E-state index in [1.54, 1.807) is 6.92 Å². The van der Waals surface area contributed by atoms with Gasteiger partial charge in [-0.2, -0.15) is 0 Å². The van der Waals surface area contributed by atoms with Gasteiger partial charge in [0.05, 0.1) is 0 Å². The third-order valence-electron chi connectivity index (χ3n) is 2.71. The average Bonchev–Trinajstić information content (AvgIpc) is 2.65. The van der Waals surface area contributed by atoms with E-state index in [4.69, 9.17) is 0 Å². The van der Waals surface area contributed by atoms with E-state index in [1.165, 1.54) is 17.9 Å². The maximum atomic E-state index is 11.9. The number of carbonyl (C=O) groups excluding carboxylic acids is 3. The summed E-state index contributed by atoms with van der Waals surface area (Å²) in [6.45, 7) is 14.6. The molecule has 0 radical (unpaired) electrons. The zero-order valence-electron chi connectivity index (χ0n) is 11.7. The van der Waals surface area contributed by atoms with Crippen molar-refractivity contribution in [2.75, 3.05) is 6.54 Å². The molecule has 0 aromatic heterocycles. The van der Waals surface area contributed by atoms with Crippen LogP contribution in [0.2, 0.25) is 0 Å².